The lowest BCUT2D eigenvalue weighted by Crippen LogP contribution is -2.46. The highest BCUT2D eigenvalue weighted by molar-refractivity contribution is 6.35. The van der Waals surface area contributed by atoms with Crippen molar-refractivity contribution in [1.29, 1.82) is 0 Å². The van der Waals surface area contributed by atoms with Crippen molar-refractivity contribution in [2.75, 3.05) is 6.54 Å². The van der Waals surface area contributed by atoms with E-state index < -0.39 is 18.1 Å². The van der Waals surface area contributed by atoms with Crippen LogP contribution in [0, 0.1) is 5.92 Å². The van der Waals surface area contributed by atoms with Gasteiger partial charge in [0.25, 0.3) is 0 Å². The van der Waals surface area contributed by atoms with E-state index in [1.165, 1.54) is 0 Å². The van der Waals surface area contributed by atoms with Crippen LogP contribution in [0.15, 0.2) is 42.5 Å². The lowest BCUT2D eigenvalue weighted by Gasteiger charge is -2.27. The summed E-state index contributed by atoms with van der Waals surface area (Å²) >= 11 is 12.1. The third kappa shape index (κ3) is 6.14. The Labute approximate surface area is 174 Å². The number of nitrogens with zero attached hydrogens (tertiary/aromatic N) is 1. The second-order valence-electron chi connectivity index (χ2n) is 7.06. The third-order valence-electron chi connectivity index (χ3n) is 4.39. The number of hydrogen-bond donors (Lipinski definition) is 2. The first-order chi connectivity index (χ1) is 13.2. The molecular formula is C21H23Cl2NO4. The van der Waals surface area contributed by atoms with E-state index >= 15 is 0 Å². The van der Waals surface area contributed by atoms with Crippen molar-refractivity contribution < 1.29 is 19.8 Å². The van der Waals surface area contributed by atoms with Crippen LogP contribution in [0.25, 0.3) is 11.1 Å². The molecule has 1 amide bonds. The Morgan fingerprint density at radius 1 is 0.964 bits per heavy atom. The van der Waals surface area contributed by atoms with E-state index in [4.69, 9.17) is 23.2 Å². The molecule has 0 aliphatic rings. The number of benzene rings is 2. The Kier molecular flexibility index (Phi) is 7.72. The average Bonchev–Trinajstić information content (AvgIpc) is 2.60. The topological polar surface area (TPSA) is 77.8 Å². The maximum Gasteiger partial charge on any atom is 0.408 e. The van der Waals surface area contributed by atoms with E-state index in [2.05, 4.69) is 0 Å². The van der Waals surface area contributed by atoms with E-state index in [1.54, 1.807) is 6.07 Å². The fourth-order valence-electron chi connectivity index (χ4n) is 3.03. The number of rotatable bonds is 8. The summed E-state index contributed by atoms with van der Waals surface area (Å²) in [5.74, 6) is -1.05. The fraction of sp³-hybridized carbons (Fsp3) is 0.333. The summed E-state index contributed by atoms with van der Waals surface area (Å²) in [6.45, 7) is 3.86. The summed E-state index contributed by atoms with van der Waals surface area (Å²) in [7, 11) is 0. The highest BCUT2D eigenvalue weighted by atomic mass is 35.5. The summed E-state index contributed by atoms with van der Waals surface area (Å²) in [6.07, 6.45) is -0.529. The van der Waals surface area contributed by atoms with Crippen molar-refractivity contribution in [2.24, 2.45) is 5.92 Å². The van der Waals surface area contributed by atoms with Crippen LogP contribution in [0.2, 0.25) is 10.0 Å². The molecule has 0 radical (unpaired) electrons. The van der Waals surface area contributed by atoms with Crippen molar-refractivity contribution in [3.63, 3.8) is 0 Å². The summed E-state index contributed by atoms with van der Waals surface area (Å²) in [5, 5.41) is 20.0. The van der Waals surface area contributed by atoms with Gasteiger partial charge in [0.05, 0.1) is 0 Å². The Hall–Kier alpha value is -2.24. The molecule has 0 fully saturated rings. The van der Waals surface area contributed by atoms with Crippen LogP contribution in [-0.4, -0.2) is 39.8 Å². The molecule has 0 saturated heterocycles. The predicted molar refractivity (Wildman–Crippen MR) is 111 cm³/mol. The maximum atomic E-state index is 11.6. The summed E-state index contributed by atoms with van der Waals surface area (Å²) in [6, 6.07) is 11.8. The zero-order chi connectivity index (χ0) is 20.8. The number of aliphatic carboxylic acids is 1. The van der Waals surface area contributed by atoms with Crippen molar-refractivity contribution in [3.8, 4) is 11.1 Å². The molecule has 0 saturated carbocycles. The summed E-state index contributed by atoms with van der Waals surface area (Å²) in [5.41, 5.74) is 2.74. The predicted octanol–water partition coefficient (Wildman–Crippen LogP) is 5.68. The molecule has 0 bridgehead atoms. The second kappa shape index (κ2) is 9.80. The number of carboxylic acids is 1. The van der Waals surface area contributed by atoms with E-state index in [1.807, 2.05) is 50.2 Å². The molecule has 2 N–H and O–H groups in total. The summed E-state index contributed by atoms with van der Waals surface area (Å²) < 4.78 is 0. The van der Waals surface area contributed by atoms with Gasteiger partial charge in [-0.2, -0.15) is 0 Å². The van der Waals surface area contributed by atoms with Gasteiger partial charge in [0, 0.05) is 16.6 Å². The first kappa shape index (κ1) is 22.1. The van der Waals surface area contributed by atoms with Crippen LogP contribution in [0.1, 0.15) is 25.8 Å². The molecule has 0 aliphatic carbocycles. The molecule has 2 rings (SSSR count). The lowest BCUT2D eigenvalue weighted by molar-refractivity contribution is -0.143. The molecule has 1 atom stereocenters. The number of hydrogen-bond acceptors (Lipinski definition) is 2. The highest BCUT2D eigenvalue weighted by Gasteiger charge is 2.29. The molecule has 7 heteroatoms. The number of carbonyl (C=O) groups is 2. The molecular weight excluding hydrogens is 401 g/mol. The SMILES string of the molecule is CC(C)CC(C(=O)O)N(CCc1ccc(-c2cc(Cl)cc(Cl)c2)cc1)C(=O)O. The third-order valence-corrected chi connectivity index (χ3v) is 4.83. The van der Waals surface area contributed by atoms with Gasteiger partial charge >= 0.3 is 12.1 Å². The quantitative estimate of drug-likeness (QED) is 0.571. The van der Waals surface area contributed by atoms with Crippen LogP contribution in [0.3, 0.4) is 0 Å². The van der Waals surface area contributed by atoms with Crippen molar-refractivity contribution >= 4 is 35.3 Å². The van der Waals surface area contributed by atoms with Gasteiger partial charge in [-0.3, -0.25) is 4.90 Å². The van der Waals surface area contributed by atoms with Gasteiger partial charge in [0.2, 0.25) is 0 Å². The standard InChI is InChI=1S/C21H23Cl2NO4/c1-13(2)9-19(20(25)26)24(21(27)28)8-7-14-3-5-15(6-4-14)16-10-17(22)12-18(23)11-16/h3-6,10-13,19H,7-9H2,1-2H3,(H,25,26)(H,27,28). The Morgan fingerprint density at radius 2 is 1.54 bits per heavy atom. The molecule has 0 heterocycles. The summed E-state index contributed by atoms with van der Waals surface area (Å²) in [4.78, 5) is 24.1. The van der Waals surface area contributed by atoms with Gasteiger partial charge in [-0.25, -0.2) is 9.59 Å². The van der Waals surface area contributed by atoms with E-state index in [-0.39, 0.29) is 18.9 Å². The molecule has 0 aromatic heterocycles. The molecule has 5 nitrogen and oxygen atoms in total. The monoisotopic (exact) mass is 423 g/mol. The Balaban J connectivity index is 2.11. The fourth-order valence-corrected chi connectivity index (χ4v) is 3.55. The maximum absolute atomic E-state index is 11.6. The first-order valence-electron chi connectivity index (χ1n) is 8.95. The Morgan fingerprint density at radius 3 is 2.00 bits per heavy atom. The van der Waals surface area contributed by atoms with Gasteiger partial charge in [-0.1, -0.05) is 61.3 Å². The largest absolute Gasteiger partial charge is 0.480 e. The van der Waals surface area contributed by atoms with Crippen LogP contribution in [-0.2, 0) is 11.2 Å². The number of carboxylic acid groups (broad SMARTS) is 2. The van der Waals surface area contributed by atoms with Crippen LogP contribution in [0.5, 0.6) is 0 Å². The lowest BCUT2D eigenvalue weighted by atomic mass is 10.0. The normalized spacial score (nSPS) is 12.0. The van der Waals surface area contributed by atoms with Crippen molar-refractivity contribution in [1.82, 2.24) is 4.90 Å². The average molecular weight is 424 g/mol. The minimum Gasteiger partial charge on any atom is -0.480 e. The smallest absolute Gasteiger partial charge is 0.408 e. The molecule has 2 aromatic carbocycles. The number of amides is 1. The molecule has 28 heavy (non-hydrogen) atoms. The van der Waals surface area contributed by atoms with Crippen molar-refractivity contribution in [2.45, 2.75) is 32.7 Å². The molecule has 2 aromatic rings. The van der Waals surface area contributed by atoms with E-state index in [9.17, 15) is 19.8 Å². The molecule has 0 spiro atoms. The van der Waals surface area contributed by atoms with Gasteiger partial charge in [0.15, 0.2) is 0 Å². The zero-order valence-corrected chi connectivity index (χ0v) is 17.2. The van der Waals surface area contributed by atoms with Gasteiger partial charge in [0.1, 0.15) is 6.04 Å². The molecule has 1 unspecified atom stereocenters. The van der Waals surface area contributed by atoms with Crippen LogP contribution in [0.4, 0.5) is 4.79 Å². The van der Waals surface area contributed by atoms with Gasteiger partial charge in [-0.15, -0.1) is 0 Å². The first-order valence-corrected chi connectivity index (χ1v) is 9.70. The minimum atomic E-state index is -1.22. The number of halogens is 2. The van der Waals surface area contributed by atoms with Crippen molar-refractivity contribution in [3.05, 3.63) is 58.1 Å². The van der Waals surface area contributed by atoms with Crippen LogP contribution < -0.4 is 0 Å². The van der Waals surface area contributed by atoms with Gasteiger partial charge in [-0.05, 0) is 53.6 Å². The minimum absolute atomic E-state index is 0.0757. The van der Waals surface area contributed by atoms with E-state index in [0.29, 0.717) is 16.5 Å². The molecule has 0 aliphatic heterocycles. The van der Waals surface area contributed by atoms with E-state index in [0.717, 1.165) is 21.6 Å². The highest BCUT2D eigenvalue weighted by Crippen LogP contribution is 2.27. The zero-order valence-electron chi connectivity index (χ0n) is 15.7. The van der Waals surface area contributed by atoms with Crippen LogP contribution >= 0.6 is 23.2 Å². The molecule has 150 valence electrons. The second-order valence-corrected chi connectivity index (χ2v) is 7.94. The van der Waals surface area contributed by atoms with Gasteiger partial charge < -0.3 is 10.2 Å². The Bertz CT molecular complexity index is 817.